The van der Waals surface area contributed by atoms with Crippen molar-refractivity contribution >= 4 is 57.9 Å². The first kappa shape index (κ1) is 25.9. The smallest absolute Gasteiger partial charge is 0.224 e. The first-order valence-electron chi connectivity index (χ1n) is 12.5. The summed E-state index contributed by atoms with van der Waals surface area (Å²) in [6.07, 6.45) is 7.26. The third-order valence-electron chi connectivity index (χ3n) is 7.67. The molecule has 5 N–H and O–H groups in total. The number of carbonyl (C=O) groups is 1. The van der Waals surface area contributed by atoms with E-state index < -0.39 is 11.2 Å². The number of imidazole rings is 1. The molecule has 2 aromatic heterocycles. The Morgan fingerprint density at radius 2 is 1.89 bits per heavy atom. The van der Waals surface area contributed by atoms with Gasteiger partial charge in [-0.1, -0.05) is 30.1 Å². The van der Waals surface area contributed by atoms with Gasteiger partial charge in [0.05, 0.1) is 28.0 Å². The second-order valence-corrected chi connectivity index (χ2v) is 11.2. The lowest BCUT2D eigenvalue weighted by Gasteiger charge is -2.35. The van der Waals surface area contributed by atoms with Crippen LogP contribution < -0.4 is 16.4 Å². The number of carbonyl (C=O) groups excluding carboxylic acids is 1. The van der Waals surface area contributed by atoms with Gasteiger partial charge < -0.3 is 21.5 Å². The predicted molar refractivity (Wildman–Crippen MR) is 142 cm³/mol. The lowest BCUT2D eigenvalue weighted by atomic mass is 9.73. The Hall–Kier alpha value is -2.69. The first-order chi connectivity index (χ1) is 17.6. The number of anilines is 3. The van der Waals surface area contributed by atoms with Gasteiger partial charge in [-0.05, 0) is 63.5 Å². The minimum atomic E-state index is -0.562. The molecule has 2 aliphatic rings. The lowest BCUT2D eigenvalue weighted by molar-refractivity contribution is -0.128. The Morgan fingerprint density at radius 3 is 2.54 bits per heavy atom. The van der Waals surface area contributed by atoms with Gasteiger partial charge in [-0.2, -0.15) is 4.98 Å². The third-order valence-corrected chi connectivity index (χ3v) is 8.27. The van der Waals surface area contributed by atoms with Crippen LogP contribution in [0.1, 0.15) is 64.3 Å². The van der Waals surface area contributed by atoms with Crippen LogP contribution in [0.3, 0.4) is 0 Å². The van der Waals surface area contributed by atoms with Crippen LogP contribution in [-0.4, -0.2) is 42.7 Å². The van der Waals surface area contributed by atoms with E-state index in [0.717, 1.165) is 19.3 Å². The molecule has 1 aromatic carbocycles. The van der Waals surface area contributed by atoms with Crippen LogP contribution in [0.2, 0.25) is 10.0 Å². The van der Waals surface area contributed by atoms with Crippen LogP contribution in [-0.2, 0) is 4.79 Å². The topological polar surface area (TPSA) is 131 Å². The van der Waals surface area contributed by atoms with E-state index in [0.29, 0.717) is 60.9 Å². The second kappa shape index (κ2) is 10.2. The molecule has 3 aromatic rings. The van der Waals surface area contributed by atoms with Gasteiger partial charge in [-0.25, -0.2) is 14.4 Å². The van der Waals surface area contributed by atoms with Crippen molar-refractivity contribution in [3.8, 4) is 0 Å². The number of primary amides is 1. The number of rotatable bonds is 6. The number of nitrogens with zero attached hydrogens (tertiary/aromatic N) is 4. The average Bonchev–Trinajstić information content (AvgIpc) is 3.19. The van der Waals surface area contributed by atoms with E-state index in [1.165, 1.54) is 12.1 Å². The highest BCUT2D eigenvalue weighted by molar-refractivity contribution is 6.39. The third kappa shape index (κ3) is 5.32. The largest absolute Gasteiger partial charge is 0.393 e. The van der Waals surface area contributed by atoms with E-state index >= 15 is 0 Å². The van der Waals surface area contributed by atoms with Crippen LogP contribution in [0.25, 0.3) is 11.2 Å². The minimum Gasteiger partial charge on any atom is -0.393 e. The Bertz CT molecular complexity index is 1300. The maximum absolute atomic E-state index is 13.8. The predicted octanol–water partition coefficient (Wildman–Crippen LogP) is 5.34. The molecular weight excluding hydrogens is 520 g/mol. The molecule has 0 aliphatic heterocycles. The summed E-state index contributed by atoms with van der Waals surface area (Å²) >= 11 is 12.6. The Morgan fingerprint density at radius 1 is 1.19 bits per heavy atom. The summed E-state index contributed by atoms with van der Waals surface area (Å²) in [5.74, 6) is 0.0576. The first-order valence-corrected chi connectivity index (χ1v) is 13.3. The highest BCUT2D eigenvalue weighted by atomic mass is 35.5. The standard InChI is InChI=1S/C25H30Cl2FN7O2/c1-25(22(29)37)7-5-15(6-8-25)35-21-19(12-30-23(34-21)31-14-3-2-4-16(36)11-14)32-24(35)33-20-17(26)9-13(28)10-18(20)27/h9-10,12,14-16,36H,2-8,11H2,1H3,(H2,29,37)(H,32,33)(H,30,31,34)/t14-,15?,16+,25?/m0/s1. The lowest BCUT2D eigenvalue weighted by Crippen LogP contribution is -2.38. The molecule has 0 saturated heterocycles. The summed E-state index contributed by atoms with van der Waals surface area (Å²) in [4.78, 5) is 26.0. The maximum atomic E-state index is 13.8. The number of nitrogens with two attached hydrogens (primary N) is 1. The molecule has 0 radical (unpaired) electrons. The summed E-state index contributed by atoms with van der Waals surface area (Å²) in [5.41, 5.74) is 6.62. The van der Waals surface area contributed by atoms with Crippen molar-refractivity contribution in [3.05, 3.63) is 34.2 Å². The number of benzene rings is 1. The molecule has 2 fully saturated rings. The van der Waals surface area contributed by atoms with Crippen molar-refractivity contribution in [2.75, 3.05) is 10.6 Å². The van der Waals surface area contributed by atoms with Crippen LogP contribution in [0.4, 0.5) is 22.0 Å². The normalized spacial score (nSPS) is 26.2. The molecule has 12 heteroatoms. The van der Waals surface area contributed by atoms with Crippen LogP contribution in [0.15, 0.2) is 18.3 Å². The summed E-state index contributed by atoms with van der Waals surface area (Å²) in [6.45, 7) is 1.90. The van der Waals surface area contributed by atoms with E-state index in [4.69, 9.17) is 38.9 Å². The Kier molecular flexibility index (Phi) is 7.17. The molecule has 0 bridgehead atoms. The number of aliphatic hydroxyl groups excluding tert-OH is 1. The number of aromatic nitrogens is 4. The van der Waals surface area contributed by atoms with Crippen molar-refractivity contribution in [1.82, 2.24) is 19.5 Å². The number of fused-ring (bicyclic) bond motifs is 1. The quantitative estimate of drug-likeness (QED) is 0.326. The zero-order chi connectivity index (χ0) is 26.3. The van der Waals surface area contributed by atoms with Gasteiger partial charge in [-0.3, -0.25) is 9.36 Å². The fourth-order valence-electron chi connectivity index (χ4n) is 5.39. The fraction of sp³-hybridized carbons (Fsp3) is 0.520. The van der Waals surface area contributed by atoms with Crippen molar-refractivity contribution in [1.29, 1.82) is 0 Å². The molecule has 1 amide bonds. The molecule has 2 atom stereocenters. The number of amides is 1. The summed E-state index contributed by atoms with van der Waals surface area (Å²) in [5, 5.41) is 16.8. The van der Waals surface area contributed by atoms with E-state index in [-0.39, 0.29) is 34.1 Å². The number of hydrogen-bond acceptors (Lipinski definition) is 7. The monoisotopic (exact) mass is 549 g/mol. The van der Waals surface area contributed by atoms with Crippen molar-refractivity contribution in [2.24, 2.45) is 11.1 Å². The molecule has 5 rings (SSSR count). The molecule has 2 aliphatic carbocycles. The Labute approximate surface area is 224 Å². The van der Waals surface area contributed by atoms with E-state index in [1.807, 2.05) is 11.5 Å². The van der Waals surface area contributed by atoms with Crippen LogP contribution >= 0.6 is 23.2 Å². The SMILES string of the molecule is CC1(C(N)=O)CCC(n2c(Nc3c(Cl)cc(F)cc3Cl)nc3cnc(N[C@H]4CCC[C@@H](O)C4)nc32)CC1. The molecular formula is C25H30Cl2FN7O2. The highest BCUT2D eigenvalue weighted by Gasteiger charge is 2.38. The van der Waals surface area contributed by atoms with Gasteiger partial charge in [-0.15, -0.1) is 0 Å². The van der Waals surface area contributed by atoms with E-state index in [1.54, 1.807) is 6.20 Å². The average molecular weight is 550 g/mol. The van der Waals surface area contributed by atoms with Gasteiger partial charge >= 0.3 is 0 Å². The second-order valence-electron chi connectivity index (χ2n) is 10.4. The number of halogens is 3. The van der Waals surface area contributed by atoms with Crippen molar-refractivity contribution in [3.63, 3.8) is 0 Å². The highest BCUT2D eigenvalue weighted by Crippen LogP contribution is 2.43. The number of hydrogen-bond donors (Lipinski definition) is 4. The van der Waals surface area contributed by atoms with Crippen molar-refractivity contribution in [2.45, 2.75) is 76.5 Å². The molecule has 0 spiro atoms. The molecule has 0 unspecified atom stereocenters. The summed E-state index contributed by atoms with van der Waals surface area (Å²) in [7, 11) is 0. The number of nitrogens with one attached hydrogen (secondary N) is 2. The molecule has 198 valence electrons. The van der Waals surface area contributed by atoms with E-state index in [9.17, 15) is 14.3 Å². The zero-order valence-electron chi connectivity index (χ0n) is 20.5. The molecule has 2 heterocycles. The van der Waals surface area contributed by atoms with Gasteiger partial charge in [0.1, 0.15) is 11.3 Å². The molecule has 9 nitrogen and oxygen atoms in total. The van der Waals surface area contributed by atoms with Crippen molar-refractivity contribution < 1.29 is 14.3 Å². The van der Waals surface area contributed by atoms with Crippen LogP contribution in [0.5, 0.6) is 0 Å². The summed E-state index contributed by atoms with van der Waals surface area (Å²) < 4.78 is 15.8. The van der Waals surface area contributed by atoms with Gasteiger partial charge in [0.15, 0.2) is 5.65 Å². The number of aliphatic hydroxyl groups is 1. The molecule has 2 saturated carbocycles. The van der Waals surface area contributed by atoms with E-state index in [2.05, 4.69) is 15.6 Å². The summed E-state index contributed by atoms with van der Waals surface area (Å²) in [6, 6.07) is 2.42. The van der Waals surface area contributed by atoms with Crippen LogP contribution in [0, 0.1) is 11.2 Å². The van der Waals surface area contributed by atoms with Gasteiger partial charge in [0.2, 0.25) is 17.8 Å². The minimum absolute atomic E-state index is 0.0304. The van der Waals surface area contributed by atoms with Gasteiger partial charge in [0.25, 0.3) is 0 Å². The zero-order valence-corrected chi connectivity index (χ0v) is 22.0. The van der Waals surface area contributed by atoms with Gasteiger partial charge in [0, 0.05) is 17.5 Å². The fourth-order valence-corrected chi connectivity index (χ4v) is 5.94. The molecule has 37 heavy (non-hydrogen) atoms. The maximum Gasteiger partial charge on any atom is 0.224 e. The Balaban J connectivity index is 1.52.